The minimum Gasteiger partial charge on any atom is -0.493 e. The number of hydrogen-bond acceptors (Lipinski definition) is 4. The summed E-state index contributed by atoms with van der Waals surface area (Å²) < 4.78 is 44.3. The highest BCUT2D eigenvalue weighted by Gasteiger charge is 2.31. The third-order valence-corrected chi connectivity index (χ3v) is 6.67. The minimum absolute atomic E-state index is 0.181. The van der Waals surface area contributed by atoms with Crippen LogP contribution in [0.4, 0.5) is 13.2 Å². The highest BCUT2D eigenvalue weighted by atomic mass is 19.4. The first kappa shape index (κ1) is 26.0. The lowest BCUT2D eigenvalue weighted by Gasteiger charge is -2.39. The lowest BCUT2D eigenvalue weighted by molar-refractivity contribution is -0.137. The zero-order valence-electron chi connectivity index (χ0n) is 20.3. The van der Waals surface area contributed by atoms with E-state index < -0.39 is 11.7 Å². The number of amides is 1. The van der Waals surface area contributed by atoms with Crippen LogP contribution in [0.1, 0.15) is 52.0 Å². The highest BCUT2D eigenvalue weighted by Crippen LogP contribution is 2.32. The number of ether oxygens (including phenoxy) is 1. The Bertz CT molecular complexity index is 968. The molecule has 34 heavy (non-hydrogen) atoms. The lowest BCUT2D eigenvalue weighted by Crippen LogP contribution is -2.49. The maximum absolute atomic E-state index is 12.8. The fourth-order valence-electron chi connectivity index (χ4n) is 4.35. The average Bonchev–Trinajstić information content (AvgIpc) is 2.83. The number of nitrogens with one attached hydrogen (secondary N) is 1. The van der Waals surface area contributed by atoms with E-state index in [4.69, 9.17) is 4.74 Å². The quantitative estimate of drug-likeness (QED) is 0.554. The lowest BCUT2D eigenvalue weighted by atomic mass is 9.96. The molecule has 186 valence electrons. The van der Waals surface area contributed by atoms with Crippen LogP contribution in [-0.2, 0) is 6.18 Å². The molecule has 0 spiro atoms. The molecule has 8 heteroatoms. The van der Waals surface area contributed by atoms with Crippen molar-refractivity contribution in [2.24, 2.45) is 0 Å². The Morgan fingerprint density at radius 2 is 1.68 bits per heavy atom. The van der Waals surface area contributed by atoms with Crippen LogP contribution >= 0.6 is 0 Å². The molecule has 1 N–H and O–H groups in total. The summed E-state index contributed by atoms with van der Waals surface area (Å²) in [6, 6.07) is 8.79. The molecular weight excluding hydrogens is 443 g/mol. The van der Waals surface area contributed by atoms with E-state index in [1.54, 1.807) is 4.90 Å². The van der Waals surface area contributed by atoms with E-state index in [1.165, 1.54) is 23.3 Å². The first-order valence-electron chi connectivity index (χ1n) is 11.7. The molecule has 0 bridgehead atoms. The van der Waals surface area contributed by atoms with Gasteiger partial charge in [0.2, 0.25) is 0 Å². The van der Waals surface area contributed by atoms with Crippen molar-refractivity contribution in [2.75, 3.05) is 46.4 Å². The molecule has 1 aliphatic heterocycles. The number of halogens is 3. The van der Waals surface area contributed by atoms with Crippen LogP contribution in [0.2, 0.25) is 0 Å². The van der Waals surface area contributed by atoms with E-state index in [1.807, 2.05) is 13.1 Å². The zero-order chi connectivity index (χ0) is 24.9. The number of carbonyl (C=O) groups is 1. The Kier molecular flexibility index (Phi) is 8.60. The largest absolute Gasteiger partial charge is 0.493 e. The van der Waals surface area contributed by atoms with Gasteiger partial charge in [-0.25, -0.2) is 0 Å². The Morgan fingerprint density at radius 3 is 2.26 bits per heavy atom. The van der Waals surface area contributed by atoms with Crippen LogP contribution in [0.25, 0.3) is 0 Å². The van der Waals surface area contributed by atoms with E-state index in [9.17, 15) is 18.0 Å². The van der Waals surface area contributed by atoms with Crippen molar-refractivity contribution in [3.8, 4) is 5.75 Å². The first-order chi connectivity index (χ1) is 16.1. The van der Waals surface area contributed by atoms with Crippen LogP contribution in [0.5, 0.6) is 5.75 Å². The molecule has 1 heterocycles. The van der Waals surface area contributed by atoms with Crippen molar-refractivity contribution in [1.29, 1.82) is 0 Å². The second-order valence-corrected chi connectivity index (χ2v) is 8.79. The standard InChI is InChI=1S/C26H34F3N3O2/c1-18-19(2)24(34-17-5-12-30-4)11-10-23(18)20(3)31-13-15-32(16-14-31)25(33)21-6-8-22(9-7-21)26(27,28)29/h6-11,20,30H,5,12-17H2,1-4H3/t20-/m1/s1. The molecule has 1 aliphatic rings. The predicted octanol–water partition coefficient (Wildman–Crippen LogP) is 4.83. The van der Waals surface area contributed by atoms with Crippen LogP contribution in [0.15, 0.2) is 36.4 Å². The number of alkyl halides is 3. The van der Waals surface area contributed by atoms with Gasteiger partial charge in [-0.3, -0.25) is 9.69 Å². The van der Waals surface area contributed by atoms with Crippen molar-refractivity contribution in [3.63, 3.8) is 0 Å². The number of hydrogen-bond donors (Lipinski definition) is 1. The number of piperazine rings is 1. The fraction of sp³-hybridized carbons (Fsp3) is 0.500. The van der Waals surface area contributed by atoms with Gasteiger partial charge in [-0.15, -0.1) is 0 Å². The normalized spacial score (nSPS) is 15.9. The van der Waals surface area contributed by atoms with Gasteiger partial charge in [0.15, 0.2) is 0 Å². The maximum atomic E-state index is 12.8. The van der Waals surface area contributed by atoms with Gasteiger partial charge in [-0.05, 0) is 87.8 Å². The molecule has 5 nitrogen and oxygen atoms in total. The summed E-state index contributed by atoms with van der Waals surface area (Å²) in [7, 11) is 1.93. The number of nitrogens with zero attached hydrogens (tertiary/aromatic N) is 2. The van der Waals surface area contributed by atoms with Crippen molar-refractivity contribution < 1.29 is 22.7 Å². The molecule has 0 aromatic heterocycles. The van der Waals surface area contributed by atoms with Gasteiger partial charge < -0.3 is 15.0 Å². The molecule has 1 fully saturated rings. The Balaban J connectivity index is 1.59. The molecule has 3 rings (SSSR count). The minimum atomic E-state index is -4.41. The van der Waals surface area contributed by atoms with Gasteiger partial charge in [-0.1, -0.05) is 6.07 Å². The third-order valence-electron chi connectivity index (χ3n) is 6.67. The van der Waals surface area contributed by atoms with Gasteiger partial charge in [0.05, 0.1) is 12.2 Å². The van der Waals surface area contributed by atoms with Crippen LogP contribution < -0.4 is 10.1 Å². The van der Waals surface area contributed by atoms with Gasteiger partial charge >= 0.3 is 6.18 Å². The summed E-state index contributed by atoms with van der Waals surface area (Å²) >= 11 is 0. The highest BCUT2D eigenvalue weighted by molar-refractivity contribution is 5.94. The van der Waals surface area contributed by atoms with Crippen molar-refractivity contribution in [2.45, 2.75) is 39.4 Å². The zero-order valence-corrected chi connectivity index (χ0v) is 20.3. The van der Waals surface area contributed by atoms with E-state index in [2.05, 4.69) is 37.1 Å². The topological polar surface area (TPSA) is 44.8 Å². The molecular formula is C26H34F3N3O2. The summed E-state index contributed by atoms with van der Waals surface area (Å²) in [5.41, 5.74) is 3.13. The maximum Gasteiger partial charge on any atom is 0.416 e. The van der Waals surface area contributed by atoms with Crippen molar-refractivity contribution in [1.82, 2.24) is 15.1 Å². The van der Waals surface area contributed by atoms with E-state index in [-0.39, 0.29) is 17.5 Å². The molecule has 1 atom stereocenters. The molecule has 0 unspecified atom stereocenters. The summed E-state index contributed by atoms with van der Waals surface area (Å²) in [5, 5.41) is 3.12. The van der Waals surface area contributed by atoms with Crippen molar-refractivity contribution in [3.05, 3.63) is 64.2 Å². The third kappa shape index (κ3) is 6.10. The molecule has 0 saturated carbocycles. The molecule has 2 aromatic carbocycles. The van der Waals surface area contributed by atoms with Crippen LogP contribution in [0, 0.1) is 13.8 Å². The first-order valence-corrected chi connectivity index (χ1v) is 11.7. The second kappa shape index (κ2) is 11.2. The SMILES string of the molecule is CNCCCOc1ccc([C@@H](C)N2CCN(C(=O)c3ccc(C(F)(F)F)cc3)CC2)c(C)c1C. The summed E-state index contributed by atoms with van der Waals surface area (Å²) in [6.07, 6.45) is -3.46. The summed E-state index contributed by atoms with van der Waals surface area (Å²) in [5.74, 6) is 0.685. The van der Waals surface area contributed by atoms with Gasteiger partial charge in [0.25, 0.3) is 5.91 Å². The van der Waals surface area contributed by atoms with E-state index >= 15 is 0 Å². The van der Waals surface area contributed by atoms with Crippen LogP contribution in [0.3, 0.4) is 0 Å². The number of rotatable bonds is 8. The molecule has 0 aliphatic carbocycles. The van der Waals surface area contributed by atoms with E-state index in [0.717, 1.165) is 36.4 Å². The predicted molar refractivity (Wildman–Crippen MR) is 127 cm³/mol. The summed E-state index contributed by atoms with van der Waals surface area (Å²) in [6.45, 7) is 10.4. The fourth-order valence-corrected chi connectivity index (χ4v) is 4.35. The summed E-state index contributed by atoms with van der Waals surface area (Å²) in [4.78, 5) is 16.8. The Hall–Kier alpha value is -2.58. The number of carbonyl (C=O) groups excluding carboxylic acids is 1. The number of benzene rings is 2. The molecule has 1 saturated heterocycles. The van der Waals surface area contributed by atoms with Gasteiger partial charge in [0, 0.05) is 37.8 Å². The second-order valence-electron chi connectivity index (χ2n) is 8.79. The van der Waals surface area contributed by atoms with Gasteiger partial charge in [0.1, 0.15) is 5.75 Å². The van der Waals surface area contributed by atoms with Crippen molar-refractivity contribution >= 4 is 5.91 Å². The molecule has 1 amide bonds. The van der Waals surface area contributed by atoms with Crippen LogP contribution in [-0.4, -0.2) is 62.1 Å². The Morgan fingerprint density at radius 1 is 1.03 bits per heavy atom. The Labute approximate surface area is 199 Å². The van der Waals surface area contributed by atoms with Gasteiger partial charge in [-0.2, -0.15) is 13.2 Å². The molecule has 2 aromatic rings. The monoisotopic (exact) mass is 477 g/mol. The average molecular weight is 478 g/mol. The van der Waals surface area contributed by atoms with E-state index in [0.29, 0.717) is 32.8 Å². The molecule has 0 radical (unpaired) electrons. The smallest absolute Gasteiger partial charge is 0.416 e.